The Bertz CT molecular complexity index is 367. The average molecular weight is 351 g/mol. The molecule has 0 bridgehead atoms. The zero-order chi connectivity index (χ0) is 18.1. The van der Waals surface area contributed by atoms with Crippen molar-refractivity contribution in [3.05, 3.63) is 0 Å². The summed E-state index contributed by atoms with van der Waals surface area (Å²) in [7, 11) is 0. The van der Waals surface area contributed by atoms with Crippen LogP contribution in [0.15, 0.2) is 0 Å². The summed E-state index contributed by atoms with van der Waals surface area (Å²) in [5.41, 5.74) is 0. The summed E-state index contributed by atoms with van der Waals surface area (Å²) in [6.45, 7) is 1.39. The van der Waals surface area contributed by atoms with E-state index in [2.05, 4.69) is 5.32 Å². The number of unbranched alkanes of at least 4 members (excludes halogenated alkanes) is 1. The van der Waals surface area contributed by atoms with Gasteiger partial charge in [0, 0.05) is 13.0 Å². The summed E-state index contributed by atoms with van der Waals surface area (Å²) in [6, 6.07) is 0. The highest BCUT2D eigenvalue weighted by atomic mass is 16.7. The lowest BCUT2D eigenvalue weighted by molar-refractivity contribution is -0.300. The number of aliphatic hydroxyl groups is 5. The Morgan fingerprint density at radius 3 is 2.54 bits per heavy atom. The molecule has 1 aliphatic rings. The molecule has 0 saturated carbocycles. The molecule has 1 fully saturated rings. The molecule has 0 radical (unpaired) electrons. The van der Waals surface area contributed by atoms with Crippen molar-refractivity contribution in [3.8, 4) is 0 Å². The molecular formula is C15H29NO8. The van der Waals surface area contributed by atoms with Gasteiger partial charge in [-0.25, -0.2) is 0 Å². The predicted molar refractivity (Wildman–Crippen MR) is 82.9 cm³/mol. The summed E-state index contributed by atoms with van der Waals surface area (Å²) in [4.78, 5) is 10.8. The maximum atomic E-state index is 10.8. The third-order valence-electron chi connectivity index (χ3n) is 3.87. The van der Waals surface area contributed by atoms with Gasteiger partial charge < -0.3 is 39.8 Å². The smallest absolute Gasteiger partial charge is 0.186 e. The third-order valence-corrected chi connectivity index (χ3v) is 3.87. The molecule has 0 aliphatic carbocycles. The monoisotopic (exact) mass is 351 g/mol. The van der Waals surface area contributed by atoms with Crippen molar-refractivity contribution in [2.75, 3.05) is 19.8 Å². The Morgan fingerprint density at radius 2 is 1.92 bits per heavy atom. The van der Waals surface area contributed by atoms with Crippen LogP contribution in [0.1, 0.15) is 32.6 Å². The van der Waals surface area contributed by atoms with E-state index in [-0.39, 0.29) is 18.9 Å². The molecule has 0 aromatic rings. The van der Waals surface area contributed by atoms with E-state index in [0.717, 1.165) is 12.8 Å². The normalized spacial score (nSPS) is 31.8. The summed E-state index contributed by atoms with van der Waals surface area (Å²) < 4.78 is 10.5. The van der Waals surface area contributed by atoms with Gasteiger partial charge in [0.25, 0.3) is 0 Å². The van der Waals surface area contributed by atoms with Crippen molar-refractivity contribution in [1.82, 2.24) is 5.32 Å². The Morgan fingerprint density at radius 1 is 1.21 bits per heavy atom. The molecular weight excluding hydrogens is 322 g/mol. The van der Waals surface area contributed by atoms with Crippen molar-refractivity contribution in [1.29, 1.82) is 0 Å². The van der Waals surface area contributed by atoms with Crippen LogP contribution in [0.4, 0.5) is 0 Å². The van der Waals surface area contributed by atoms with Gasteiger partial charge in [-0.15, -0.1) is 0 Å². The molecule has 0 spiro atoms. The number of aliphatic hydroxyl groups excluding tert-OH is 5. The molecule has 1 aliphatic heterocycles. The van der Waals surface area contributed by atoms with Crippen molar-refractivity contribution in [2.24, 2.45) is 0 Å². The van der Waals surface area contributed by atoms with Crippen LogP contribution in [-0.2, 0) is 14.3 Å². The van der Waals surface area contributed by atoms with Crippen molar-refractivity contribution in [3.63, 3.8) is 0 Å². The predicted octanol–water partition coefficient (Wildman–Crippen LogP) is -2.14. The summed E-state index contributed by atoms with van der Waals surface area (Å²) in [5.74, 6) is 0.130. The number of ketones is 1. The van der Waals surface area contributed by atoms with Gasteiger partial charge in [0.05, 0.1) is 13.2 Å². The van der Waals surface area contributed by atoms with E-state index in [0.29, 0.717) is 12.8 Å². The molecule has 0 amide bonds. The molecule has 0 aromatic carbocycles. The Kier molecular flexibility index (Phi) is 9.86. The molecule has 1 rings (SSSR count). The van der Waals surface area contributed by atoms with Gasteiger partial charge >= 0.3 is 0 Å². The minimum absolute atomic E-state index is 0.0905. The van der Waals surface area contributed by atoms with Crippen LogP contribution in [-0.4, -0.2) is 88.0 Å². The third kappa shape index (κ3) is 7.08. The van der Waals surface area contributed by atoms with Crippen molar-refractivity contribution >= 4 is 5.78 Å². The van der Waals surface area contributed by atoms with Gasteiger partial charge in [-0.05, 0) is 26.2 Å². The fraction of sp³-hybridized carbons (Fsp3) is 0.933. The summed E-state index contributed by atoms with van der Waals surface area (Å²) in [6.07, 6.45) is -4.75. The molecule has 0 aromatic heterocycles. The topological polar surface area (TPSA) is 149 Å². The quantitative estimate of drug-likeness (QED) is 0.181. The molecule has 9 heteroatoms. The zero-order valence-corrected chi connectivity index (χ0v) is 13.9. The summed E-state index contributed by atoms with van der Waals surface area (Å²) >= 11 is 0. The number of hydrogen-bond donors (Lipinski definition) is 6. The van der Waals surface area contributed by atoms with Crippen molar-refractivity contribution < 1.29 is 39.8 Å². The number of hydrogen-bond acceptors (Lipinski definition) is 9. The maximum absolute atomic E-state index is 10.8. The van der Waals surface area contributed by atoms with E-state index in [4.69, 9.17) is 14.6 Å². The first-order valence-corrected chi connectivity index (χ1v) is 8.19. The SMILES string of the molecule is CC(=O)CCCCC(O)NCCO[C@@H]1O[C@H](CO)[C@@H](O)[C@H](O)[C@H]1O. The van der Waals surface area contributed by atoms with Gasteiger partial charge in [0.15, 0.2) is 6.29 Å². The molecule has 6 atom stereocenters. The van der Waals surface area contributed by atoms with Crippen LogP contribution < -0.4 is 5.32 Å². The van der Waals surface area contributed by atoms with Gasteiger partial charge in [-0.3, -0.25) is 5.32 Å². The van der Waals surface area contributed by atoms with E-state index in [9.17, 15) is 25.2 Å². The first kappa shape index (κ1) is 21.4. The van der Waals surface area contributed by atoms with E-state index in [1.807, 2.05) is 0 Å². The lowest BCUT2D eigenvalue weighted by Crippen LogP contribution is -2.59. The first-order chi connectivity index (χ1) is 11.4. The maximum Gasteiger partial charge on any atom is 0.186 e. The standard InChI is InChI=1S/C15H29NO8/c1-9(18)4-2-3-5-11(19)16-6-7-23-15-14(22)13(21)12(20)10(8-17)24-15/h10-17,19-22H,2-8H2,1H3/t10-,11?,12-,13+,14-,15-/m1/s1. The molecule has 1 saturated heterocycles. The highest BCUT2D eigenvalue weighted by molar-refractivity contribution is 5.75. The lowest BCUT2D eigenvalue weighted by Gasteiger charge is -2.39. The minimum Gasteiger partial charge on any atom is -0.394 e. The van der Waals surface area contributed by atoms with Gasteiger partial charge in [0.1, 0.15) is 36.4 Å². The number of Topliss-reactive ketones (excluding diaryl/α,β-unsaturated/α-hetero) is 1. The fourth-order valence-corrected chi connectivity index (χ4v) is 2.42. The highest BCUT2D eigenvalue weighted by Gasteiger charge is 2.43. The number of carbonyl (C=O) groups excluding carboxylic acids is 1. The number of ether oxygens (including phenoxy) is 2. The second-order valence-electron chi connectivity index (χ2n) is 5.99. The van der Waals surface area contributed by atoms with Crippen LogP contribution in [0.25, 0.3) is 0 Å². The molecule has 142 valence electrons. The number of rotatable bonds is 11. The van der Waals surface area contributed by atoms with Gasteiger partial charge in [-0.1, -0.05) is 0 Å². The molecule has 1 unspecified atom stereocenters. The number of carbonyl (C=O) groups is 1. The zero-order valence-electron chi connectivity index (χ0n) is 13.9. The molecule has 1 heterocycles. The van der Waals surface area contributed by atoms with Crippen LogP contribution >= 0.6 is 0 Å². The summed E-state index contributed by atoms with van der Waals surface area (Å²) in [5, 5.41) is 50.6. The second-order valence-corrected chi connectivity index (χ2v) is 5.99. The minimum atomic E-state index is -1.47. The first-order valence-electron chi connectivity index (χ1n) is 8.19. The van der Waals surface area contributed by atoms with E-state index < -0.39 is 43.5 Å². The van der Waals surface area contributed by atoms with Crippen LogP contribution in [0.3, 0.4) is 0 Å². The highest BCUT2D eigenvalue weighted by Crippen LogP contribution is 2.21. The molecule has 6 N–H and O–H groups in total. The van der Waals surface area contributed by atoms with Crippen LogP contribution in [0, 0.1) is 0 Å². The Hall–Kier alpha value is -0.650. The Labute approximate surface area is 141 Å². The lowest BCUT2D eigenvalue weighted by atomic mass is 9.99. The van der Waals surface area contributed by atoms with Gasteiger partial charge in [-0.2, -0.15) is 0 Å². The fourth-order valence-electron chi connectivity index (χ4n) is 2.42. The largest absolute Gasteiger partial charge is 0.394 e. The average Bonchev–Trinajstić information content (AvgIpc) is 2.55. The van der Waals surface area contributed by atoms with E-state index in [1.165, 1.54) is 6.92 Å². The van der Waals surface area contributed by atoms with Crippen LogP contribution in [0.2, 0.25) is 0 Å². The van der Waals surface area contributed by atoms with E-state index in [1.54, 1.807) is 0 Å². The van der Waals surface area contributed by atoms with Crippen LogP contribution in [0.5, 0.6) is 0 Å². The molecule has 9 nitrogen and oxygen atoms in total. The van der Waals surface area contributed by atoms with Crippen molar-refractivity contribution in [2.45, 2.75) is 69.5 Å². The number of nitrogens with one attached hydrogen (secondary N) is 1. The van der Waals surface area contributed by atoms with Gasteiger partial charge in [0.2, 0.25) is 0 Å². The molecule has 24 heavy (non-hydrogen) atoms. The second kappa shape index (κ2) is 11.1. The van der Waals surface area contributed by atoms with E-state index >= 15 is 0 Å². The Balaban J connectivity index is 2.18.